The van der Waals surface area contributed by atoms with Gasteiger partial charge in [0.2, 0.25) is 5.16 Å². The Morgan fingerprint density at radius 1 is 1.04 bits per heavy atom. The van der Waals surface area contributed by atoms with Gasteiger partial charge >= 0.3 is 6.18 Å². The van der Waals surface area contributed by atoms with Gasteiger partial charge in [-0.3, -0.25) is 0 Å². The minimum atomic E-state index is -4.63. The monoisotopic (exact) mass is 370 g/mol. The summed E-state index contributed by atoms with van der Waals surface area (Å²) in [5.74, 6) is -1.16. The van der Waals surface area contributed by atoms with Crippen LogP contribution in [0.25, 0.3) is 5.65 Å². The molecular weight excluding hydrogens is 357 g/mol. The van der Waals surface area contributed by atoms with Crippen molar-refractivity contribution >= 4 is 17.4 Å². The Bertz CT molecular complexity index is 883. The van der Waals surface area contributed by atoms with E-state index < -0.39 is 12.0 Å². The van der Waals surface area contributed by atoms with Crippen LogP contribution in [0.1, 0.15) is 44.0 Å². The van der Waals surface area contributed by atoms with Crippen molar-refractivity contribution in [3.8, 4) is 0 Å². The summed E-state index contributed by atoms with van der Waals surface area (Å²) in [4.78, 5) is 0. The normalized spacial score (nSPS) is 16.6. The Labute approximate surface area is 143 Å². The van der Waals surface area contributed by atoms with E-state index in [9.17, 15) is 13.2 Å². The lowest BCUT2D eigenvalue weighted by Crippen LogP contribution is -2.15. The number of alkyl halides is 3. The van der Waals surface area contributed by atoms with Gasteiger partial charge in [-0.25, -0.2) is 4.68 Å². The Morgan fingerprint density at radius 3 is 2.60 bits per heavy atom. The molecule has 1 aliphatic carbocycles. The number of fused-ring (bicyclic) bond motifs is 1. The van der Waals surface area contributed by atoms with E-state index in [1.54, 1.807) is 10.7 Å². The summed E-state index contributed by atoms with van der Waals surface area (Å²) in [5.41, 5.74) is 0.0311. The zero-order valence-electron chi connectivity index (χ0n) is 12.9. The van der Waals surface area contributed by atoms with Crippen LogP contribution in [0, 0.1) is 0 Å². The second-order valence-corrected chi connectivity index (χ2v) is 6.75. The van der Waals surface area contributed by atoms with Gasteiger partial charge < -0.3 is 0 Å². The minimum absolute atomic E-state index is 0.0311. The smallest absolute Gasteiger partial charge is 0.217 e. The molecule has 0 saturated heterocycles. The van der Waals surface area contributed by atoms with Gasteiger partial charge in [-0.2, -0.15) is 22.8 Å². The van der Waals surface area contributed by atoms with Crippen molar-refractivity contribution in [1.29, 1.82) is 0 Å². The number of halogens is 3. The highest BCUT2D eigenvalue weighted by molar-refractivity contribution is 7.99. The van der Waals surface area contributed by atoms with Gasteiger partial charge in [0.15, 0.2) is 5.65 Å². The third kappa shape index (κ3) is 3.17. The maximum atomic E-state index is 13.0. The molecule has 132 valence electrons. The summed E-state index contributed by atoms with van der Waals surface area (Å²) in [5, 5.41) is 23.2. The van der Waals surface area contributed by atoms with E-state index in [4.69, 9.17) is 0 Å². The van der Waals surface area contributed by atoms with Crippen LogP contribution in [0.3, 0.4) is 0 Å². The van der Waals surface area contributed by atoms with E-state index >= 15 is 0 Å². The first-order valence-electron chi connectivity index (χ1n) is 7.78. The fourth-order valence-electron chi connectivity index (χ4n) is 2.90. The maximum Gasteiger partial charge on any atom is 0.453 e. The molecule has 0 spiro atoms. The van der Waals surface area contributed by atoms with Gasteiger partial charge in [0.25, 0.3) is 5.82 Å². The largest absolute Gasteiger partial charge is 0.453 e. The summed E-state index contributed by atoms with van der Waals surface area (Å²) in [7, 11) is 0. The quantitative estimate of drug-likeness (QED) is 0.701. The van der Waals surface area contributed by atoms with Crippen LogP contribution in [0.15, 0.2) is 22.3 Å². The van der Waals surface area contributed by atoms with E-state index in [2.05, 4.69) is 30.8 Å². The molecule has 4 rings (SSSR count). The summed E-state index contributed by atoms with van der Waals surface area (Å²) >= 11 is 1.12. The average Bonchev–Trinajstić information content (AvgIpc) is 3.21. The number of tetrazole rings is 1. The molecular formula is C13H13F3N8S. The predicted molar refractivity (Wildman–Crippen MR) is 79.8 cm³/mol. The van der Waals surface area contributed by atoms with E-state index in [-0.39, 0.29) is 11.7 Å². The summed E-state index contributed by atoms with van der Waals surface area (Å²) in [6, 6.07) is 3.23. The highest BCUT2D eigenvalue weighted by Gasteiger charge is 2.37. The number of nitrogens with zero attached hydrogens (tertiary/aromatic N) is 8. The molecule has 1 fully saturated rings. The van der Waals surface area contributed by atoms with Crippen LogP contribution >= 0.6 is 11.8 Å². The molecule has 8 nitrogen and oxygen atoms in total. The van der Waals surface area contributed by atoms with Crippen LogP contribution in [0.4, 0.5) is 13.2 Å². The van der Waals surface area contributed by atoms with Crippen molar-refractivity contribution in [3.05, 3.63) is 18.0 Å². The van der Waals surface area contributed by atoms with Crippen molar-refractivity contribution < 1.29 is 13.2 Å². The second kappa shape index (κ2) is 6.24. The molecule has 0 radical (unpaired) electrons. The third-order valence-corrected chi connectivity index (χ3v) is 4.95. The molecule has 0 amide bonds. The Hall–Kier alpha value is -2.24. The Morgan fingerprint density at radius 2 is 1.84 bits per heavy atom. The number of aromatic nitrogens is 8. The van der Waals surface area contributed by atoms with Crippen LogP contribution in [-0.2, 0) is 6.18 Å². The Kier molecular flexibility index (Phi) is 4.06. The van der Waals surface area contributed by atoms with E-state index in [0.29, 0.717) is 14.7 Å². The van der Waals surface area contributed by atoms with E-state index in [1.807, 2.05) is 0 Å². The standard InChI is InChI=1S/C13H13F3N8S/c14-13(15,16)11-18-17-9-6-7-10(20-24(9)11)25-12-19-21-22-23(12)8-4-2-1-3-5-8/h6-8H,1-5H2. The molecule has 0 aliphatic heterocycles. The highest BCUT2D eigenvalue weighted by atomic mass is 32.2. The van der Waals surface area contributed by atoms with E-state index in [1.165, 1.54) is 12.5 Å². The lowest BCUT2D eigenvalue weighted by Gasteiger charge is -2.21. The second-order valence-electron chi connectivity index (χ2n) is 5.76. The first-order chi connectivity index (χ1) is 12.0. The topological polar surface area (TPSA) is 86.7 Å². The van der Waals surface area contributed by atoms with Crippen LogP contribution < -0.4 is 0 Å². The average molecular weight is 370 g/mol. The maximum absolute atomic E-state index is 13.0. The van der Waals surface area contributed by atoms with Gasteiger partial charge in [0, 0.05) is 0 Å². The van der Waals surface area contributed by atoms with Crippen molar-refractivity contribution in [3.63, 3.8) is 0 Å². The summed E-state index contributed by atoms with van der Waals surface area (Å²) < 4.78 is 41.3. The van der Waals surface area contributed by atoms with Crippen LogP contribution in [0.2, 0.25) is 0 Å². The SMILES string of the molecule is FC(F)(F)c1nnc2ccc(Sc3nnnn3C3CCCCC3)nn12. The minimum Gasteiger partial charge on any atom is -0.217 e. The third-order valence-electron chi connectivity index (χ3n) is 4.07. The number of rotatable bonds is 3. The molecule has 1 saturated carbocycles. The van der Waals surface area contributed by atoms with Gasteiger partial charge in [-0.05, 0) is 47.2 Å². The van der Waals surface area contributed by atoms with Crippen LogP contribution in [-0.4, -0.2) is 40.0 Å². The van der Waals surface area contributed by atoms with Gasteiger partial charge in [0.1, 0.15) is 5.03 Å². The van der Waals surface area contributed by atoms with Crippen molar-refractivity contribution in [2.24, 2.45) is 0 Å². The van der Waals surface area contributed by atoms with Gasteiger partial charge in [-0.15, -0.1) is 15.3 Å². The predicted octanol–water partition coefficient (Wildman–Crippen LogP) is 2.79. The fraction of sp³-hybridized carbons (Fsp3) is 0.538. The molecule has 3 heterocycles. The molecule has 12 heteroatoms. The molecule has 0 N–H and O–H groups in total. The Balaban J connectivity index is 1.64. The zero-order valence-corrected chi connectivity index (χ0v) is 13.7. The zero-order chi connectivity index (χ0) is 17.4. The first-order valence-corrected chi connectivity index (χ1v) is 8.59. The first kappa shape index (κ1) is 16.2. The number of hydrogen-bond acceptors (Lipinski definition) is 7. The van der Waals surface area contributed by atoms with Gasteiger partial charge in [-0.1, -0.05) is 19.3 Å². The van der Waals surface area contributed by atoms with Crippen molar-refractivity contribution in [2.45, 2.75) is 54.5 Å². The molecule has 0 aromatic carbocycles. The number of hydrogen-bond donors (Lipinski definition) is 0. The molecule has 1 aliphatic rings. The molecule has 0 bridgehead atoms. The lowest BCUT2D eigenvalue weighted by atomic mass is 9.96. The molecule has 3 aromatic rings. The van der Waals surface area contributed by atoms with Gasteiger partial charge in [0.05, 0.1) is 6.04 Å². The fourth-order valence-corrected chi connectivity index (χ4v) is 3.71. The molecule has 25 heavy (non-hydrogen) atoms. The van der Waals surface area contributed by atoms with Crippen LogP contribution in [0.5, 0.6) is 0 Å². The van der Waals surface area contributed by atoms with E-state index in [0.717, 1.165) is 37.4 Å². The molecule has 0 atom stereocenters. The summed E-state index contributed by atoms with van der Waals surface area (Å²) in [6.07, 6.45) is 0.805. The summed E-state index contributed by atoms with van der Waals surface area (Å²) in [6.45, 7) is 0. The lowest BCUT2D eigenvalue weighted by molar-refractivity contribution is -0.146. The molecule has 0 unspecified atom stereocenters. The molecule has 3 aromatic heterocycles. The van der Waals surface area contributed by atoms with Crippen molar-refractivity contribution in [2.75, 3.05) is 0 Å². The highest BCUT2D eigenvalue weighted by Crippen LogP contribution is 2.33. The van der Waals surface area contributed by atoms with Crippen molar-refractivity contribution in [1.82, 2.24) is 40.0 Å².